The van der Waals surface area contributed by atoms with Crippen molar-refractivity contribution in [1.82, 2.24) is 0 Å². The summed E-state index contributed by atoms with van der Waals surface area (Å²) in [5, 5.41) is 2.34. The molecule has 0 aliphatic carbocycles. The predicted molar refractivity (Wildman–Crippen MR) is 118 cm³/mol. The number of hydrogen-bond acceptors (Lipinski definition) is 2. The molecule has 0 amide bonds. The van der Waals surface area contributed by atoms with Crippen LogP contribution in [0.3, 0.4) is 0 Å². The van der Waals surface area contributed by atoms with Gasteiger partial charge in [-0.15, -0.1) is 0 Å². The van der Waals surface area contributed by atoms with Crippen molar-refractivity contribution >= 4 is 16.7 Å². The minimum Gasteiger partial charge on any atom is -0.0891 e. The normalized spacial score (nSPS) is 9.97. The molecule has 2 aromatic carbocycles. The van der Waals surface area contributed by atoms with Gasteiger partial charge in [0, 0.05) is 17.9 Å². The molecule has 0 bridgehead atoms. The van der Waals surface area contributed by atoms with Crippen LogP contribution in [0.15, 0.2) is 42.5 Å². The summed E-state index contributed by atoms with van der Waals surface area (Å²) in [5.41, 5.74) is 2.63. The number of carbonyl (C=O) groups excluding carboxylic acids is 1. The van der Waals surface area contributed by atoms with Crippen LogP contribution in [0.1, 0.15) is 70.3 Å². The molecule has 3 heteroatoms. The molecule has 151 valence electrons. The lowest BCUT2D eigenvalue weighted by atomic mass is 10.1. The first-order chi connectivity index (χ1) is 14.3. The number of unbranched alkanes of at least 4 members (excludes halogenated alkanes) is 8. The van der Waals surface area contributed by atoms with E-state index in [2.05, 4.69) is 48.8 Å². The second-order valence-corrected chi connectivity index (χ2v) is 7.19. The minimum atomic E-state index is -0.563. The molecule has 29 heavy (non-hydrogen) atoms. The summed E-state index contributed by atoms with van der Waals surface area (Å²) in [5.74, 6) is 10.2. The molecule has 2 N–H and O–H groups in total. The Labute approximate surface area is 175 Å². The van der Waals surface area contributed by atoms with Crippen LogP contribution in [-0.4, -0.2) is 5.97 Å². The summed E-state index contributed by atoms with van der Waals surface area (Å²) < 4.78 is 0. The number of quaternary nitrogens is 1. The van der Waals surface area contributed by atoms with Crippen LogP contribution in [-0.2, 0) is 16.2 Å². The number of hydrogen-bond donors (Lipinski definition) is 1. The molecule has 0 fully saturated rings. The van der Waals surface area contributed by atoms with Gasteiger partial charge in [0.05, 0.1) is 4.79 Å². The summed E-state index contributed by atoms with van der Waals surface area (Å²) in [6.07, 6.45) is 11.1. The maximum Gasteiger partial charge on any atom is 0.715 e. The van der Waals surface area contributed by atoms with E-state index < -0.39 is 5.97 Å². The zero-order valence-corrected chi connectivity index (χ0v) is 17.5. The maximum atomic E-state index is 11.7. The van der Waals surface area contributed by atoms with Gasteiger partial charge >= 0.3 is 5.97 Å². The van der Waals surface area contributed by atoms with Gasteiger partial charge in [0.1, 0.15) is 5.92 Å². The SMILES string of the molecule is CCCCCCCCCCC#CC#CC(=[O+])O[NH2+]Cc1cccc2ccccc12. The van der Waals surface area contributed by atoms with Gasteiger partial charge in [0.2, 0.25) is 0 Å². The number of fused-ring (bicyclic) bond motifs is 1. The topological polar surface area (TPSA) is 45.7 Å². The summed E-state index contributed by atoms with van der Waals surface area (Å²) in [4.78, 5) is 16.8. The minimum absolute atomic E-state index is 0.554. The van der Waals surface area contributed by atoms with Crippen molar-refractivity contribution in [2.45, 2.75) is 71.3 Å². The molecule has 0 unspecified atom stereocenters. The number of carbonyl (C=O) groups is 1. The molecular weight excluding hydrogens is 358 g/mol. The maximum absolute atomic E-state index is 11.7. The fraction of sp³-hybridized carbons (Fsp3) is 0.423. The Morgan fingerprint density at radius 3 is 2.45 bits per heavy atom. The third-order valence-electron chi connectivity index (χ3n) is 4.84. The van der Waals surface area contributed by atoms with Crippen molar-refractivity contribution in [3.8, 4) is 23.7 Å². The fourth-order valence-electron chi connectivity index (χ4n) is 3.24. The Balaban J connectivity index is 1.58. The highest BCUT2D eigenvalue weighted by Crippen LogP contribution is 2.17. The van der Waals surface area contributed by atoms with Gasteiger partial charge in [-0.25, -0.2) is 0 Å². The lowest BCUT2D eigenvalue weighted by Gasteiger charge is -2.01. The van der Waals surface area contributed by atoms with Gasteiger partial charge in [-0.1, -0.05) is 111 Å². The molecule has 0 atom stereocenters. The second-order valence-electron chi connectivity index (χ2n) is 7.19. The first-order valence-electron chi connectivity index (χ1n) is 10.8. The molecule has 0 saturated carbocycles. The highest BCUT2D eigenvalue weighted by molar-refractivity contribution is 5.88. The van der Waals surface area contributed by atoms with Crippen LogP contribution in [0.5, 0.6) is 0 Å². The third-order valence-corrected chi connectivity index (χ3v) is 4.84. The van der Waals surface area contributed by atoms with Crippen molar-refractivity contribution in [1.29, 1.82) is 0 Å². The first kappa shape index (κ1) is 22.5. The molecule has 0 spiro atoms. The summed E-state index contributed by atoms with van der Waals surface area (Å²) in [7, 11) is 0. The van der Waals surface area contributed by atoms with Crippen LogP contribution in [0.4, 0.5) is 0 Å². The molecule has 0 aliphatic rings. The van der Waals surface area contributed by atoms with E-state index in [0.29, 0.717) is 6.54 Å². The van der Waals surface area contributed by atoms with E-state index in [4.69, 9.17) is 4.84 Å². The molecule has 0 saturated heterocycles. The van der Waals surface area contributed by atoms with Crippen LogP contribution < -0.4 is 5.48 Å². The monoisotopic (exact) mass is 390 g/mol. The zero-order chi connectivity index (χ0) is 20.6. The first-order valence-corrected chi connectivity index (χ1v) is 10.8. The average molecular weight is 391 g/mol. The van der Waals surface area contributed by atoms with E-state index in [0.717, 1.165) is 18.4 Å². The second kappa shape index (κ2) is 14.3. The Bertz CT molecular complexity index is 875. The van der Waals surface area contributed by atoms with Gasteiger partial charge in [0.25, 0.3) is 0 Å². The van der Waals surface area contributed by atoms with Crippen LogP contribution in [0.25, 0.3) is 10.8 Å². The van der Waals surface area contributed by atoms with Crippen molar-refractivity contribution < 1.29 is 15.1 Å². The number of rotatable bonds is 11. The highest BCUT2D eigenvalue weighted by atomic mass is 16.7. The lowest BCUT2D eigenvalue weighted by molar-refractivity contribution is -0.883. The molecule has 1 radical (unpaired) electrons. The number of hydroxylamine groups is 1. The van der Waals surface area contributed by atoms with Gasteiger partial charge in [-0.3, -0.25) is 0 Å². The Hall–Kier alpha value is -2.75. The van der Waals surface area contributed by atoms with Crippen LogP contribution in [0, 0.1) is 23.7 Å². The van der Waals surface area contributed by atoms with Gasteiger partial charge in [-0.2, -0.15) is 0 Å². The smallest absolute Gasteiger partial charge is 0.0891 e. The Morgan fingerprint density at radius 2 is 1.62 bits per heavy atom. The Morgan fingerprint density at radius 1 is 0.897 bits per heavy atom. The van der Waals surface area contributed by atoms with E-state index in [1.807, 2.05) is 24.3 Å². The quantitative estimate of drug-likeness (QED) is 0.257. The standard InChI is InChI=1S/C26H31NO2/c1-2-3-4-5-6-7-8-9-10-11-12-13-21-26(28)29-27-22-24-19-16-18-23-17-14-15-20-25(23)24/h14-20,27H,2-10,22H2,1H3/q+1/p+1. The number of nitrogens with two attached hydrogens (primary N) is 1. The highest BCUT2D eigenvalue weighted by Gasteiger charge is 2.17. The van der Waals surface area contributed by atoms with E-state index in [-0.39, 0.29) is 0 Å². The molecular formula is C26H32NO2+2. The largest absolute Gasteiger partial charge is 0.715 e. The number of benzene rings is 2. The average Bonchev–Trinajstić information content (AvgIpc) is 2.74. The van der Waals surface area contributed by atoms with E-state index >= 15 is 0 Å². The summed E-state index contributed by atoms with van der Waals surface area (Å²) >= 11 is 0. The predicted octanol–water partition coefficient (Wildman–Crippen LogP) is 4.90. The van der Waals surface area contributed by atoms with Gasteiger partial charge in [0.15, 0.2) is 6.54 Å². The van der Waals surface area contributed by atoms with E-state index in [1.54, 1.807) is 0 Å². The summed E-state index contributed by atoms with van der Waals surface area (Å²) in [6.45, 7) is 2.80. The van der Waals surface area contributed by atoms with Crippen molar-refractivity contribution in [2.24, 2.45) is 0 Å². The third kappa shape index (κ3) is 9.33. The van der Waals surface area contributed by atoms with Crippen molar-refractivity contribution in [3.05, 3.63) is 48.0 Å². The molecule has 2 rings (SSSR count). The van der Waals surface area contributed by atoms with Crippen molar-refractivity contribution in [3.63, 3.8) is 0 Å². The fourth-order valence-corrected chi connectivity index (χ4v) is 3.24. The summed E-state index contributed by atoms with van der Waals surface area (Å²) in [6, 6.07) is 14.3. The molecule has 2 aromatic rings. The van der Waals surface area contributed by atoms with E-state index in [9.17, 15) is 4.79 Å². The van der Waals surface area contributed by atoms with Crippen LogP contribution >= 0.6 is 0 Å². The van der Waals surface area contributed by atoms with E-state index in [1.165, 1.54) is 61.2 Å². The van der Waals surface area contributed by atoms with Crippen LogP contribution in [0.2, 0.25) is 0 Å². The molecule has 0 heterocycles. The molecule has 0 aromatic heterocycles. The zero-order valence-electron chi connectivity index (χ0n) is 17.5. The van der Waals surface area contributed by atoms with Gasteiger partial charge < -0.3 is 0 Å². The molecule has 3 nitrogen and oxygen atoms in total. The lowest BCUT2D eigenvalue weighted by Crippen LogP contribution is -2.82. The van der Waals surface area contributed by atoms with Gasteiger partial charge in [-0.05, 0) is 23.1 Å². The van der Waals surface area contributed by atoms with Crippen molar-refractivity contribution in [2.75, 3.05) is 0 Å². The molecule has 0 aliphatic heterocycles. The Kier molecular flexibility index (Phi) is 11.1.